The molecule has 2 rings (SSSR count). The van der Waals surface area contributed by atoms with Gasteiger partial charge in [0, 0.05) is 12.1 Å². The second-order valence-electron chi connectivity index (χ2n) is 3.38. The SMILES string of the molecule is COc1c(F)ccc2c1CCCN2N. The van der Waals surface area contributed by atoms with Crippen molar-refractivity contribution in [1.82, 2.24) is 0 Å². The highest BCUT2D eigenvalue weighted by molar-refractivity contribution is 5.60. The number of methoxy groups -OCH3 is 1. The van der Waals surface area contributed by atoms with Gasteiger partial charge in [0.1, 0.15) is 0 Å². The van der Waals surface area contributed by atoms with Crippen LogP contribution in [0.4, 0.5) is 10.1 Å². The van der Waals surface area contributed by atoms with Crippen molar-refractivity contribution >= 4 is 5.69 Å². The van der Waals surface area contributed by atoms with E-state index in [1.165, 1.54) is 13.2 Å². The third-order valence-electron chi connectivity index (χ3n) is 2.53. The molecule has 3 nitrogen and oxygen atoms in total. The largest absolute Gasteiger partial charge is 0.493 e. The van der Waals surface area contributed by atoms with E-state index in [9.17, 15) is 4.39 Å². The van der Waals surface area contributed by atoms with Crippen molar-refractivity contribution in [3.63, 3.8) is 0 Å². The number of benzene rings is 1. The molecule has 1 aromatic carbocycles. The quantitative estimate of drug-likeness (QED) is 0.691. The van der Waals surface area contributed by atoms with Crippen LogP contribution < -0.4 is 15.6 Å². The highest BCUT2D eigenvalue weighted by Gasteiger charge is 2.20. The number of halogens is 1. The first-order chi connectivity index (χ1) is 6.74. The number of anilines is 1. The van der Waals surface area contributed by atoms with E-state index in [0.29, 0.717) is 5.75 Å². The average molecular weight is 196 g/mol. The third kappa shape index (κ3) is 1.32. The lowest BCUT2D eigenvalue weighted by atomic mass is 10.0. The van der Waals surface area contributed by atoms with Crippen LogP contribution in [0.5, 0.6) is 5.75 Å². The van der Waals surface area contributed by atoms with E-state index in [4.69, 9.17) is 10.6 Å². The van der Waals surface area contributed by atoms with Gasteiger partial charge in [-0.15, -0.1) is 0 Å². The second-order valence-corrected chi connectivity index (χ2v) is 3.38. The van der Waals surface area contributed by atoms with Crippen LogP contribution in [0.25, 0.3) is 0 Å². The molecule has 0 aromatic heterocycles. The van der Waals surface area contributed by atoms with Crippen LogP contribution in [0.15, 0.2) is 12.1 Å². The number of ether oxygens (including phenoxy) is 1. The van der Waals surface area contributed by atoms with Gasteiger partial charge in [0.05, 0.1) is 12.8 Å². The smallest absolute Gasteiger partial charge is 0.165 e. The maximum atomic E-state index is 13.3. The first kappa shape index (κ1) is 9.27. The summed E-state index contributed by atoms with van der Waals surface area (Å²) in [6.45, 7) is 0.807. The zero-order valence-electron chi connectivity index (χ0n) is 8.09. The Morgan fingerprint density at radius 3 is 3.00 bits per heavy atom. The van der Waals surface area contributed by atoms with Gasteiger partial charge in [-0.1, -0.05) is 0 Å². The van der Waals surface area contributed by atoms with Gasteiger partial charge in [0.2, 0.25) is 0 Å². The van der Waals surface area contributed by atoms with Gasteiger partial charge in [-0.05, 0) is 25.0 Å². The van der Waals surface area contributed by atoms with Gasteiger partial charge >= 0.3 is 0 Å². The molecule has 0 saturated carbocycles. The lowest BCUT2D eigenvalue weighted by molar-refractivity contribution is 0.380. The number of fused-ring (bicyclic) bond motifs is 1. The minimum Gasteiger partial charge on any atom is -0.493 e. The molecule has 0 amide bonds. The molecule has 0 unspecified atom stereocenters. The fraction of sp³-hybridized carbons (Fsp3) is 0.400. The van der Waals surface area contributed by atoms with Crippen molar-refractivity contribution in [3.8, 4) is 5.75 Å². The molecule has 0 fully saturated rings. The Kier molecular flexibility index (Phi) is 2.29. The number of rotatable bonds is 1. The summed E-state index contributed by atoms with van der Waals surface area (Å²) in [7, 11) is 1.48. The molecule has 1 heterocycles. The summed E-state index contributed by atoms with van der Waals surface area (Å²) in [5.74, 6) is 5.79. The van der Waals surface area contributed by atoms with E-state index in [2.05, 4.69) is 0 Å². The van der Waals surface area contributed by atoms with Gasteiger partial charge in [0.15, 0.2) is 11.6 Å². The first-order valence-corrected chi connectivity index (χ1v) is 4.61. The molecule has 0 spiro atoms. The van der Waals surface area contributed by atoms with Crippen molar-refractivity contribution in [2.45, 2.75) is 12.8 Å². The predicted octanol–water partition coefficient (Wildman–Crippen LogP) is 1.46. The van der Waals surface area contributed by atoms with E-state index < -0.39 is 0 Å². The minimum absolute atomic E-state index is 0.318. The topological polar surface area (TPSA) is 38.5 Å². The lowest BCUT2D eigenvalue weighted by Crippen LogP contribution is -2.35. The molecular weight excluding hydrogens is 183 g/mol. The van der Waals surface area contributed by atoms with Gasteiger partial charge in [0.25, 0.3) is 0 Å². The Morgan fingerprint density at radius 2 is 2.29 bits per heavy atom. The van der Waals surface area contributed by atoms with Crippen molar-refractivity contribution in [1.29, 1.82) is 0 Å². The number of hydrogen-bond donors (Lipinski definition) is 1. The molecule has 14 heavy (non-hydrogen) atoms. The number of nitrogens with zero attached hydrogens (tertiary/aromatic N) is 1. The molecule has 1 aliphatic rings. The zero-order chi connectivity index (χ0) is 10.1. The van der Waals surface area contributed by atoms with Gasteiger partial charge in [-0.3, -0.25) is 0 Å². The van der Waals surface area contributed by atoms with Crippen molar-refractivity contribution < 1.29 is 9.13 Å². The summed E-state index contributed by atoms with van der Waals surface area (Å²) >= 11 is 0. The normalized spacial score (nSPS) is 15.2. The first-order valence-electron chi connectivity index (χ1n) is 4.61. The van der Waals surface area contributed by atoms with Gasteiger partial charge < -0.3 is 9.75 Å². The van der Waals surface area contributed by atoms with Crippen LogP contribution in [0.1, 0.15) is 12.0 Å². The monoisotopic (exact) mass is 196 g/mol. The highest BCUT2D eigenvalue weighted by atomic mass is 19.1. The molecule has 2 N–H and O–H groups in total. The molecular formula is C10H13FN2O. The molecule has 0 saturated heterocycles. The van der Waals surface area contributed by atoms with E-state index >= 15 is 0 Å². The number of hydrazine groups is 1. The number of nitrogens with two attached hydrogens (primary N) is 1. The van der Waals surface area contributed by atoms with Gasteiger partial charge in [-0.25, -0.2) is 10.2 Å². The fourth-order valence-electron chi connectivity index (χ4n) is 1.87. The van der Waals surface area contributed by atoms with E-state index in [0.717, 1.165) is 30.6 Å². The Morgan fingerprint density at radius 1 is 1.50 bits per heavy atom. The zero-order valence-corrected chi connectivity index (χ0v) is 8.09. The maximum absolute atomic E-state index is 13.3. The molecule has 0 atom stereocenters. The fourth-order valence-corrected chi connectivity index (χ4v) is 1.87. The summed E-state index contributed by atoms with van der Waals surface area (Å²) in [4.78, 5) is 0. The standard InChI is InChI=1S/C10H13FN2O/c1-14-10-7-3-2-6-13(12)9(7)5-4-8(10)11/h4-5H,2-3,6,12H2,1H3. The molecule has 0 aliphatic carbocycles. The maximum Gasteiger partial charge on any atom is 0.165 e. The molecule has 0 bridgehead atoms. The molecule has 4 heteroatoms. The highest BCUT2D eigenvalue weighted by Crippen LogP contribution is 2.34. The van der Waals surface area contributed by atoms with E-state index in [1.807, 2.05) is 0 Å². The third-order valence-corrected chi connectivity index (χ3v) is 2.53. The molecule has 1 aliphatic heterocycles. The number of hydrogen-bond acceptors (Lipinski definition) is 3. The van der Waals surface area contributed by atoms with Crippen LogP contribution in [0.3, 0.4) is 0 Å². The lowest BCUT2D eigenvalue weighted by Gasteiger charge is -2.27. The van der Waals surface area contributed by atoms with Gasteiger partial charge in [-0.2, -0.15) is 0 Å². The Hall–Kier alpha value is -1.29. The molecule has 1 aromatic rings. The Balaban J connectivity index is 2.55. The summed E-state index contributed by atoms with van der Waals surface area (Å²) < 4.78 is 18.4. The van der Waals surface area contributed by atoms with E-state index in [-0.39, 0.29) is 5.82 Å². The van der Waals surface area contributed by atoms with E-state index in [1.54, 1.807) is 11.1 Å². The summed E-state index contributed by atoms with van der Waals surface area (Å²) in [5, 5.41) is 1.64. The van der Waals surface area contributed by atoms with Crippen molar-refractivity contribution in [2.24, 2.45) is 5.84 Å². The molecule has 0 radical (unpaired) electrons. The minimum atomic E-state index is -0.318. The second kappa shape index (κ2) is 3.46. The van der Waals surface area contributed by atoms with Crippen molar-refractivity contribution in [2.75, 3.05) is 18.7 Å². The predicted molar refractivity (Wildman–Crippen MR) is 52.8 cm³/mol. The van der Waals surface area contributed by atoms with Crippen LogP contribution in [0, 0.1) is 5.82 Å². The summed E-state index contributed by atoms with van der Waals surface area (Å²) in [6.07, 6.45) is 1.76. The summed E-state index contributed by atoms with van der Waals surface area (Å²) in [6, 6.07) is 3.09. The average Bonchev–Trinajstić information content (AvgIpc) is 2.18. The van der Waals surface area contributed by atoms with Crippen LogP contribution in [0.2, 0.25) is 0 Å². The summed E-state index contributed by atoms with van der Waals surface area (Å²) in [5.41, 5.74) is 1.75. The Labute approximate surface area is 82.2 Å². The Bertz CT molecular complexity index is 354. The van der Waals surface area contributed by atoms with Crippen molar-refractivity contribution in [3.05, 3.63) is 23.5 Å². The van der Waals surface area contributed by atoms with Crippen LogP contribution >= 0.6 is 0 Å². The van der Waals surface area contributed by atoms with Crippen LogP contribution in [-0.4, -0.2) is 13.7 Å². The molecule has 76 valence electrons. The van der Waals surface area contributed by atoms with Crippen LogP contribution in [-0.2, 0) is 6.42 Å².